The van der Waals surface area contributed by atoms with Crippen molar-refractivity contribution >= 4 is 29.1 Å². The first-order valence-corrected chi connectivity index (χ1v) is 9.69. The van der Waals surface area contributed by atoms with Gasteiger partial charge in [-0.25, -0.2) is 4.79 Å². The van der Waals surface area contributed by atoms with Crippen LogP contribution in [-0.4, -0.2) is 42.1 Å². The van der Waals surface area contributed by atoms with Gasteiger partial charge in [0.25, 0.3) is 5.91 Å². The molecule has 1 aliphatic heterocycles. The van der Waals surface area contributed by atoms with Crippen molar-refractivity contribution in [3.63, 3.8) is 0 Å². The maximum Gasteiger partial charge on any atom is 0.331 e. The van der Waals surface area contributed by atoms with Crippen LogP contribution < -0.4 is 10.3 Å². The Morgan fingerprint density at radius 3 is 2.39 bits per heavy atom. The van der Waals surface area contributed by atoms with E-state index in [-0.39, 0.29) is 17.9 Å². The molecule has 1 saturated carbocycles. The van der Waals surface area contributed by atoms with Crippen molar-refractivity contribution in [2.24, 2.45) is 11.0 Å². The molecule has 1 N–H and O–H groups in total. The Labute approximate surface area is 165 Å². The standard InChI is InChI=1S/C21H27N3O4/c1-14-9-11-21(12-10-14,20(27)28-3)22-19(26)17-13-18(15(2)25)24(23-17)16-7-5-4-6-8-16/h4-8,14,18H,9-13H2,1-3H3,(H,22,26). The molecule has 1 amide bonds. The molecule has 0 bridgehead atoms. The summed E-state index contributed by atoms with van der Waals surface area (Å²) in [5, 5.41) is 8.91. The molecule has 1 fully saturated rings. The highest BCUT2D eigenvalue weighted by Gasteiger charge is 2.45. The Hall–Kier alpha value is -2.70. The first-order chi connectivity index (χ1) is 13.4. The predicted octanol–water partition coefficient (Wildman–Crippen LogP) is 2.45. The predicted molar refractivity (Wildman–Crippen MR) is 106 cm³/mol. The molecule has 1 aromatic carbocycles. The zero-order chi connectivity index (χ0) is 20.3. The second kappa shape index (κ2) is 8.12. The normalized spacial score (nSPS) is 27.1. The minimum Gasteiger partial charge on any atom is -0.467 e. The van der Waals surface area contributed by atoms with Crippen molar-refractivity contribution in [3.8, 4) is 0 Å². The number of ketones is 1. The third kappa shape index (κ3) is 3.93. The number of anilines is 1. The molecule has 150 valence electrons. The topological polar surface area (TPSA) is 88.1 Å². The molecule has 1 aromatic rings. The largest absolute Gasteiger partial charge is 0.467 e. The monoisotopic (exact) mass is 385 g/mol. The third-order valence-electron chi connectivity index (χ3n) is 5.72. The summed E-state index contributed by atoms with van der Waals surface area (Å²) < 4.78 is 4.98. The number of hydrogen-bond donors (Lipinski definition) is 1. The number of esters is 1. The summed E-state index contributed by atoms with van der Waals surface area (Å²) in [5.74, 6) is -0.391. The first kappa shape index (κ1) is 20.0. The van der Waals surface area contributed by atoms with E-state index < -0.39 is 23.5 Å². The van der Waals surface area contributed by atoms with Gasteiger partial charge in [0, 0.05) is 6.42 Å². The number of carbonyl (C=O) groups is 3. The highest BCUT2D eigenvalue weighted by Crippen LogP contribution is 2.33. The van der Waals surface area contributed by atoms with Crippen LogP contribution in [0.2, 0.25) is 0 Å². The van der Waals surface area contributed by atoms with Crippen molar-refractivity contribution in [2.45, 2.75) is 57.5 Å². The summed E-state index contributed by atoms with van der Waals surface area (Å²) in [6.07, 6.45) is 2.97. The van der Waals surface area contributed by atoms with E-state index in [0.29, 0.717) is 18.8 Å². The maximum atomic E-state index is 13.0. The summed E-state index contributed by atoms with van der Waals surface area (Å²) in [7, 11) is 1.34. The second-order valence-electron chi connectivity index (χ2n) is 7.77. The number of Topliss-reactive ketones (excluding diaryl/α,β-unsaturated/α-hetero) is 1. The van der Waals surface area contributed by atoms with Crippen molar-refractivity contribution in [3.05, 3.63) is 30.3 Å². The summed E-state index contributed by atoms with van der Waals surface area (Å²) in [6, 6.07) is 8.76. The van der Waals surface area contributed by atoms with Crippen LogP contribution in [0.25, 0.3) is 0 Å². The van der Waals surface area contributed by atoms with Gasteiger partial charge < -0.3 is 10.1 Å². The van der Waals surface area contributed by atoms with E-state index in [0.717, 1.165) is 18.5 Å². The number of nitrogens with zero attached hydrogens (tertiary/aromatic N) is 2. The third-order valence-corrected chi connectivity index (χ3v) is 5.72. The zero-order valence-corrected chi connectivity index (χ0v) is 16.6. The van der Waals surface area contributed by atoms with Crippen LogP contribution in [0.15, 0.2) is 35.4 Å². The summed E-state index contributed by atoms with van der Waals surface area (Å²) in [4.78, 5) is 37.6. The smallest absolute Gasteiger partial charge is 0.331 e. The van der Waals surface area contributed by atoms with E-state index >= 15 is 0 Å². The van der Waals surface area contributed by atoms with Crippen LogP contribution in [-0.2, 0) is 19.1 Å². The van der Waals surface area contributed by atoms with Gasteiger partial charge >= 0.3 is 5.97 Å². The molecule has 1 unspecified atom stereocenters. The number of ether oxygens (including phenoxy) is 1. The van der Waals surface area contributed by atoms with E-state index in [9.17, 15) is 14.4 Å². The van der Waals surface area contributed by atoms with Gasteiger partial charge in [0.05, 0.1) is 12.8 Å². The number of carbonyl (C=O) groups excluding carboxylic acids is 3. The first-order valence-electron chi connectivity index (χ1n) is 9.69. The average molecular weight is 385 g/mol. The number of benzene rings is 1. The van der Waals surface area contributed by atoms with E-state index in [1.807, 2.05) is 30.3 Å². The SMILES string of the molecule is COC(=O)C1(NC(=O)C2=NN(c3ccccc3)C(C(C)=O)C2)CCC(C)CC1. The maximum absolute atomic E-state index is 13.0. The molecule has 0 saturated heterocycles. The number of rotatable bonds is 5. The molecule has 3 rings (SSSR count). The van der Waals surface area contributed by atoms with E-state index in [1.54, 1.807) is 5.01 Å². The Kier molecular flexibility index (Phi) is 5.82. The van der Waals surface area contributed by atoms with Crippen molar-refractivity contribution in [1.82, 2.24) is 5.32 Å². The van der Waals surface area contributed by atoms with Crippen LogP contribution in [0, 0.1) is 5.92 Å². The van der Waals surface area contributed by atoms with Crippen molar-refractivity contribution < 1.29 is 19.1 Å². The number of hydrazone groups is 1. The Bertz CT molecular complexity index is 782. The lowest BCUT2D eigenvalue weighted by atomic mass is 9.77. The minimum absolute atomic E-state index is 0.0652. The van der Waals surface area contributed by atoms with Gasteiger partial charge in [-0.1, -0.05) is 25.1 Å². The fourth-order valence-corrected chi connectivity index (χ4v) is 3.90. The van der Waals surface area contributed by atoms with Crippen molar-refractivity contribution in [1.29, 1.82) is 0 Å². The van der Waals surface area contributed by atoms with Crippen LogP contribution in [0.1, 0.15) is 46.0 Å². The quantitative estimate of drug-likeness (QED) is 0.787. The van der Waals surface area contributed by atoms with Crippen molar-refractivity contribution in [2.75, 3.05) is 12.1 Å². The van der Waals surface area contributed by atoms with Gasteiger partial charge in [-0.2, -0.15) is 5.10 Å². The molecular weight excluding hydrogens is 358 g/mol. The lowest BCUT2D eigenvalue weighted by Gasteiger charge is -2.37. The number of para-hydroxylation sites is 1. The van der Waals surface area contributed by atoms with Crippen LogP contribution in [0.3, 0.4) is 0 Å². The Balaban J connectivity index is 1.82. The van der Waals surface area contributed by atoms with Crippen LogP contribution in [0.4, 0.5) is 5.69 Å². The molecule has 7 heteroatoms. The van der Waals surface area contributed by atoms with Crippen LogP contribution in [0.5, 0.6) is 0 Å². The molecular formula is C21H27N3O4. The molecule has 0 aromatic heterocycles. The summed E-state index contributed by atoms with van der Waals surface area (Å²) in [6.45, 7) is 3.63. The number of nitrogens with one attached hydrogen (secondary N) is 1. The highest BCUT2D eigenvalue weighted by atomic mass is 16.5. The zero-order valence-electron chi connectivity index (χ0n) is 16.6. The van der Waals surface area contributed by atoms with Gasteiger partial charge in [0.15, 0.2) is 5.78 Å². The average Bonchev–Trinajstić information content (AvgIpc) is 3.16. The summed E-state index contributed by atoms with van der Waals surface area (Å²) >= 11 is 0. The molecule has 1 atom stereocenters. The Morgan fingerprint density at radius 2 is 1.82 bits per heavy atom. The van der Waals surface area contributed by atoms with Gasteiger partial charge in [-0.05, 0) is 50.7 Å². The molecule has 0 spiro atoms. The fourth-order valence-electron chi connectivity index (χ4n) is 3.90. The number of hydrogen-bond acceptors (Lipinski definition) is 6. The molecule has 2 aliphatic rings. The number of methoxy groups -OCH3 is 1. The van der Waals surface area contributed by atoms with Gasteiger partial charge in [0.2, 0.25) is 0 Å². The van der Waals surface area contributed by atoms with E-state index in [4.69, 9.17) is 4.74 Å². The second-order valence-corrected chi connectivity index (χ2v) is 7.77. The number of amides is 1. The lowest BCUT2D eigenvalue weighted by molar-refractivity contribution is -0.152. The summed E-state index contributed by atoms with van der Waals surface area (Å²) in [5.41, 5.74) is -0.0159. The van der Waals surface area contributed by atoms with Gasteiger partial charge in [-0.3, -0.25) is 14.6 Å². The van der Waals surface area contributed by atoms with E-state index in [1.165, 1.54) is 14.0 Å². The van der Waals surface area contributed by atoms with Crippen LogP contribution >= 0.6 is 0 Å². The Morgan fingerprint density at radius 1 is 1.18 bits per heavy atom. The molecule has 1 heterocycles. The minimum atomic E-state index is -1.02. The molecule has 28 heavy (non-hydrogen) atoms. The fraction of sp³-hybridized carbons (Fsp3) is 0.524. The van der Waals surface area contributed by atoms with Gasteiger partial charge in [-0.15, -0.1) is 0 Å². The highest BCUT2D eigenvalue weighted by molar-refractivity contribution is 6.40. The molecule has 7 nitrogen and oxygen atoms in total. The lowest BCUT2D eigenvalue weighted by Crippen LogP contribution is -2.58. The van der Waals surface area contributed by atoms with E-state index in [2.05, 4.69) is 17.3 Å². The molecule has 0 radical (unpaired) electrons. The van der Waals surface area contributed by atoms with Gasteiger partial charge in [0.1, 0.15) is 17.3 Å². The molecule has 1 aliphatic carbocycles.